The lowest BCUT2D eigenvalue weighted by Crippen LogP contribution is -2.49. The van der Waals surface area contributed by atoms with E-state index < -0.39 is 5.60 Å². The average Bonchev–Trinajstić information content (AvgIpc) is 2.79. The highest BCUT2D eigenvalue weighted by Gasteiger charge is 2.58. The lowest BCUT2D eigenvalue weighted by molar-refractivity contribution is -0.105. The zero-order chi connectivity index (χ0) is 15.8. The van der Waals surface area contributed by atoms with Crippen LogP contribution >= 0.6 is 0 Å². The van der Waals surface area contributed by atoms with Crippen LogP contribution < -0.4 is 0 Å². The molecule has 3 rings (SSSR count). The van der Waals surface area contributed by atoms with Crippen molar-refractivity contribution in [2.24, 2.45) is 11.3 Å². The van der Waals surface area contributed by atoms with Crippen LogP contribution in [0.1, 0.15) is 57.4 Å². The molecule has 2 nitrogen and oxygen atoms in total. The number of carbonyl (C=O) groups is 1. The smallest absolute Gasteiger partial charge is 0.145 e. The van der Waals surface area contributed by atoms with E-state index in [2.05, 4.69) is 37.3 Å². The number of fused-ring (bicyclic) bond motifs is 1. The molecule has 1 N–H and O–H groups in total. The second-order valence-corrected chi connectivity index (χ2v) is 7.47. The van der Waals surface area contributed by atoms with Gasteiger partial charge in [0.15, 0.2) is 0 Å². The fourth-order valence-electron chi connectivity index (χ4n) is 4.71. The lowest BCUT2D eigenvalue weighted by atomic mass is 9.59. The largest absolute Gasteiger partial charge is 0.389 e. The van der Waals surface area contributed by atoms with Crippen LogP contribution in [0.5, 0.6) is 0 Å². The molecule has 2 fully saturated rings. The maximum atomic E-state index is 11.3. The van der Waals surface area contributed by atoms with Crippen molar-refractivity contribution in [3.63, 3.8) is 0 Å². The second kappa shape index (κ2) is 5.66. The first-order chi connectivity index (χ1) is 10.5. The third-order valence-electron chi connectivity index (χ3n) is 6.27. The minimum atomic E-state index is -0.601. The van der Waals surface area contributed by atoms with Gasteiger partial charge in [-0.2, -0.15) is 0 Å². The maximum Gasteiger partial charge on any atom is 0.145 e. The van der Waals surface area contributed by atoms with Gasteiger partial charge in [0.25, 0.3) is 0 Å². The van der Waals surface area contributed by atoms with Crippen LogP contribution in [0.4, 0.5) is 0 Å². The van der Waals surface area contributed by atoms with Crippen molar-refractivity contribution in [2.75, 3.05) is 0 Å². The van der Waals surface area contributed by atoms with Crippen molar-refractivity contribution in [3.05, 3.63) is 47.5 Å². The van der Waals surface area contributed by atoms with Gasteiger partial charge in [-0.1, -0.05) is 43.3 Å². The Kier molecular flexibility index (Phi) is 3.98. The Bertz CT molecular complexity index is 577. The minimum Gasteiger partial charge on any atom is -0.389 e. The third-order valence-corrected chi connectivity index (χ3v) is 6.27. The molecule has 0 unspecified atom stereocenters. The zero-order valence-corrected chi connectivity index (χ0v) is 13.6. The highest BCUT2D eigenvalue weighted by Crippen LogP contribution is 2.61. The van der Waals surface area contributed by atoms with E-state index in [0.29, 0.717) is 11.8 Å². The molecule has 0 bridgehead atoms. The van der Waals surface area contributed by atoms with Crippen molar-refractivity contribution in [1.29, 1.82) is 0 Å². The summed E-state index contributed by atoms with van der Waals surface area (Å²) in [4.78, 5) is 10.9. The third kappa shape index (κ3) is 2.44. The van der Waals surface area contributed by atoms with E-state index in [9.17, 15) is 9.90 Å². The summed E-state index contributed by atoms with van der Waals surface area (Å²) in [5, 5.41) is 11.3. The predicted octanol–water partition coefficient (Wildman–Crippen LogP) is 4.25. The van der Waals surface area contributed by atoms with Crippen molar-refractivity contribution in [2.45, 2.75) is 57.5 Å². The van der Waals surface area contributed by atoms with Gasteiger partial charge in [0.05, 0.1) is 5.60 Å². The molecule has 118 valence electrons. The highest BCUT2D eigenvalue weighted by molar-refractivity contribution is 5.72. The summed E-state index contributed by atoms with van der Waals surface area (Å²) in [7, 11) is 0. The number of benzene rings is 1. The molecule has 0 amide bonds. The van der Waals surface area contributed by atoms with Crippen LogP contribution in [0, 0.1) is 11.3 Å². The molecule has 1 aromatic rings. The Balaban J connectivity index is 1.85. The van der Waals surface area contributed by atoms with Crippen LogP contribution in [0.25, 0.3) is 0 Å². The van der Waals surface area contributed by atoms with E-state index in [1.54, 1.807) is 0 Å². The van der Waals surface area contributed by atoms with Crippen LogP contribution in [0.15, 0.2) is 42.0 Å². The van der Waals surface area contributed by atoms with E-state index >= 15 is 0 Å². The summed E-state index contributed by atoms with van der Waals surface area (Å²) in [6.45, 7) is 4.09. The van der Waals surface area contributed by atoms with Crippen LogP contribution in [-0.4, -0.2) is 17.0 Å². The van der Waals surface area contributed by atoms with Crippen molar-refractivity contribution in [3.8, 4) is 0 Å². The molecule has 0 spiro atoms. The molecule has 2 aliphatic rings. The Hall–Kier alpha value is -1.41. The molecule has 1 aromatic carbocycles. The fraction of sp³-hybridized carbons (Fsp3) is 0.550. The lowest BCUT2D eigenvalue weighted by Gasteiger charge is -2.49. The first-order valence-electron chi connectivity index (χ1n) is 8.39. The topological polar surface area (TPSA) is 37.3 Å². The molecule has 0 aromatic heterocycles. The number of carbonyl (C=O) groups excluding carboxylic acids is 1. The molecular formula is C20H26O2. The molecule has 0 aliphatic heterocycles. The van der Waals surface area contributed by atoms with E-state index in [-0.39, 0.29) is 5.41 Å². The Morgan fingerprint density at radius 2 is 1.95 bits per heavy atom. The van der Waals surface area contributed by atoms with Crippen molar-refractivity contribution in [1.82, 2.24) is 0 Å². The average molecular weight is 298 g/mol. The van der Waals surface area contributed by atoms with E-state index in [1.165, 1.54) is 5.56 Å². The van der Waals surface area contributed by atoms with Crippen LogP contribution in [-0.2, 0) is 4.79 Å². The summed E-state index contributed by atoms with van der Waals surface area (Å²) >= 11 is 0. The standard InChI is InChI=1S/C20H26O2/c1-15(14-21)12-18-9-11-20(22)13-17(8-10-19(18,20)2)16-6-4-3-5-7-16/h3-7,12,14,17-18,22H,8-11,13H2,1-2H3/b15-12+/t17-,18+,19+,20-/m0/s1. The molecular weight excluding hydrogens is 272 g/mol. The monoisotopic (exact) mass is 298 g/mol. The molecule has 0 heterocycles. The van der Waals surface area contributed by atoms with Gasteiger partial charge in [0.2, 0.25) is 0 Å². The van der Waals surface area contributed by atoms with E-state index in [0.717, 1.165) is 44.0 Å². The van der Waals surface area contributed by atoms with Crippen molar-refractivity contribution < 1.29 is 9.90 Å². The number of hydrogen-bond donors (Lipinski definition) is 1. The molecule has 4 atom stereocenters. The number of allylic oxidation sites excluding steroid dienone is 2. The van der Waals surface area contributed by atoms with Crippen LogP contribution in [0.3, 0.4) is 0 Å². The van der Waals surface area contributed by atoms with Gasteiger partial charge in [-0.3, -0.25) is 4.79 Å². The Morgan fingerprint density at radius 3 is 2.64 bits per heavy atom. The quantitative estimate of drug-likeness (QED) is 0.669. The van der Waals surface area contributed by atoms with Gasteiger partial charge in [-0.05, 0) is 62.0 Å². The predicted molar refractivity (Wildman–Crippen MR) is 88.6 cm³/mol. The maximum absolute atomic E-state index is 11.3. The highest BCUT2D eigenvalue weighted by atomic mass is 16.3. The first kappa shape index (κ1) is 15.5. The summed E-state index contributed by atoms with van der Waals surface area (Å²) in [5.41, 5.74) is 1.44. The van der Waals surface area contributed by atoms with Gasteiger partial charge < -0.3 is 5.11 Å². The summed E-state index contributed by atoms with van der Waals surface area (Å²) in [6, 6.07) is 10.6. The van der Waals surface area contributed by atoms with Gasteiger partial charge in [0, 0.05) is 5.41 Å². The first-order valence-corrected chi connectivity index (χ1v) is 8.39. The van der Waals surface area contributed by atoms with Gasteiger partial charge in [-0.25, -0.2) is 0 Å². The Labute approximate surface area is 133 Å². The summed E-state index contributed by atoms with van der Waals surface area (Å²) in [5.74, 6) is 0.772. The molecule has 22 heavy (non-hydrogen) atoms. The number of aliphatic hydroxyl groups is 1. The number of hydrogen-bond acceptors (Lipinski definition) is 2. The fourth-order valence-corrected chi connectivity index (χ4v) is 4.71. The molecule has 2 aliphatic carbocycles. The normalized spacial score (nSPS) is 38.6. The van der Waals surface area contributed by atoms with Crippen LogP contribution in [0.2, 0.25) is 0 Å². The van der Waals surface area contributed by atoms with Gasteiger partial charge in [-0.15, -0.1) is 0 Å². The molecule has 0 saturated heterocycles. The van der Waals surface area contributed by atoms with Gasteiger partial charge >= 0.3 is 0 Å². The van der Waals surface area contributed by atoms with E-state index in [4.69, 9.17) is 0 Å². The van der Waals surface area contributed by atoms with E-state index in [1.807, 2.05) is 13.0 Å². The summed E-state index contributed by atoms with van der Waals surface area (Å²) in [6.07, 6.45) is 7.84. The van der Waals surface area contributed by atoms with Gasteiger partial charge in [0.1, 0.15) is 6.29 Å². The number of aldehydes is 1. The molecule has 2 saturated carbocycles. The summed E-state index contributed by atoms with van der Waals surface area (Å²) < 4.78 is 0. The zero-order valence-electron chi connectivity index (χ0n) is 13.6. The molecule has 0 radical (unpaired) electrons. The van der Waals surface area contributed by atoms with Crippen molar-refractivity contribution >= 4 is 6.29 Å². The Morgan fingerprint density at radius 1 is 1.23 bits per heavy atom. The molecule has 2 heteroatoms. The minimum absolute atomic E-state index is 0.0947. The second-order valence-electron chi connectivity index (χ2n) is 7.47. The number of rotatable bonds is 3. The SMILES string of the molecule is C/C(C=O)=C\[C@H]1CC[C@]2(O)C[C@@H](c3ccccc3)CC[C@]12C.